The van der Waals surface area contributed by atoms with Gasteiger partial charge in [0.05, 0.1) is 6.10 Å². The van der Waals surface area contributed by atoms with Gasteiger partial charge in [-0.3, -0.25) is 14.3 Å². The summed E-state index contributed by atoms with van der Waals surface area (Å²) in [5.74, 6) is -0.370. The fraction of sp³-hybridized carbons (Fsp3) is 0.611. The Bertz CT molecular complexity index is 724. The first-order valence-corrected chi connectivity index (χ1v) is 10.1. The molecule has 1 saturated carbocycles. The van der Waals surface area contributed by atoms with Gasteiger partial charge in [0.25, 0.3) is 10.1 Å². The molecule has 6 nitrogen and oxygen atoms in total. The number of nitrogens with one attached hydrogen (secondary N) is 1. The Morgan fingerprint density at radius 1 is 1.20 bits per heavy atom. The summed E-state index contributed by atoms with van der Waals surface area (Å²) >= 11 is 0. The molecule has 1 N–H and O–H groups in total. The molecule has 7 heteroatoms. The number of carbonyl (C=O) groups excluding carboxylic acids is 1. The van der Waals surface area contributed by atoms with Crippen molar-refractivity contribution < 1.29 is 22.1 Å². The molecule has 0 radical (unpaired) electrons. The zero-order chi connectivity index (χ0) is 18.3. The van der Waals surface area contributed by atoms with Crippen LogP contribution in [0.5, 0.6) is 0 Å². The van der Waals surface area contributed by atoms with Gasteiger partial charge in [-0.15, -0.1) is 0 Å². The third-order valence-electron chi connectivity index (χ3n) is 4.47. The fourth-order valence-corrected chi connectivity index (χ4v) is 4.66. The molecule has 1 heterocycles. The largest absolute Gasteiger partial charge is 0.459 e. The molecule has 1 atom stereocenters. The number of rotatable bonds is 5. The van der Waals surface area contributed by atoms with E-state index in [1.54, 1.807) is 24.3 Å². The lowest BCUT2D eigenvalue weighted by Gasteiger charge is -2.57. The zero-order valence-corrected chi connectivity index (χ0v) is 15.6. The number of ether oxygens (including phenoxy) is 1. The second-order valence-corrected chi connectivity index (χ2v) is 9.63. The third kappa shape index (κ3) is 4.59. The summed E-state index contributed by atoms with van der Waals surface area (Å²) in [7, 11) is -3.60. The highest BCUT2D eigenvalue weighted by Gasteiger charge is 2.56. The summed E-state index contributed by atoms with van der Waals surface area (Å²) in [6, 6.07) is 8.68. The highest BCUT2D eigenvalue weighted by molar-refractivity contribution is 7.85. The standard InChI is InChI=1S/C18H25NO5S/c1-17(2,3)23-16(20)15-11-18(19-15)9-14(10-18)24-25(21,22)12-13-7-5-4-6-8-13/h4-8,14-15,19H,9-12H2,1-3H3. The van der Waals surface area contributed by atoms with Gasteiger partial charge < -0.3 is 4.74 Å². The molecule has 3 rings (SSSR count). The van der Waals surface area contributed by atoms with E-state index in [1.807, 2.05) is 26.8 Å². The second kappa shape index (κ2) is 6.37. The summed E-state index contributed by atoms with van der Waals surface area (Å²) < 4.78 is 34.9. The summed E-state index contributed by atoms with van der Waals surface area (Å²) in [6.07, 6.45) is 1.54. The van der Waals surface area contributed by atoms with Crippen LogP contribution in [0.15, 0.2) is 30.3 Å². The van der Waals surface area contributed by atoms with Crippen LogP contribution >= 0.6 is 0 Å². The van der Waals surface area contributed by atoms with Crippen LogP contribution in [-0.4, -0.2) is 37.7 Å². The van der Waals surface area contributed by atoms with Crippen molar-refractivity contribution in [2.24, 2.45) is 0 Å². The van der Waals surface area contributed by atoms with Gasteiger partial charge in [-0.1, -0.05) is 30.3 Å². The molecule has 138 valence electrons. The van der Waals surface area contributed by atoms with Crippen LogP contribution in [-0.2, 0) is 29.6 Å². The SMILES string of the molecule is CC(C)(C)OC(=O)C1CC2(CC(OS(=O)(=O)Cc3ccccc3)C2)N1. The third-order valence-corrected chi connectivity index (χ3v) is 5.72. The van der Waals surface area contributed by atoms with E-state index in [1.165, 1.54) is 0 Å². The predicted octanol–water partition coefficient (Wildman–Crippen LogP) is 2.14. The molecule has 1 aromatic carbocycles. The highest BCUT2D eigenvalue weighted by atomic mass is 32.2. The monoisotopic (exact) mass is 367 g/mol. The maximum atomic E-state index is 12.1. The average molecular weight is 367 g/mol. The van der Waals surface area contributed by atoms with Crippen LogP contribution in [0.1, 0.15) is 45.6 Å². The molecule has 1 saturated heterocycles. The van der Waals surface area contributed by atoms with E-state index < -0.39 is 15.7 Å². The maximum absolute atomic E-state index is 12.1. The molecule has 1 aliphatic heterocycles. The summed E-state index contributed by atoms with van der Waals surface area (Å²) in [6.45, 7) is 5.51. The molecule has 0 amide bonds. The van der Waals surface area contributed by atoms with Crippen LogP contribution in [0.2, 0.25) is 0 Å². The molecule has 0 aromatic heterocycles. The second-order valence-electron chi connectivity index (χ2n) is 8.03. The minimum Gasteiger partial charge on any atom is -0.459 e. The molecule has 1 spiro atoms. The van der Waals surface area contributed by atoms with E-state index in [-0.39, 0.29) is 29.4 Å². The average Bonchev–Trinajstić information content (AvgIpc) is 2.38. The van der Waals surface area contributed by atoms with Gasteiger partial charge in [-0.25, -0.2) is 0 Å². The Balaban J connectivity index is 1.44. The predicted molar refractivity (Wildman–Crippen MR) is 93.3 cm³/mol. The molecular formula is C18H25NO5S. The number of carbonyl (C=O) groups is 1. The normalized spacial score (nSPS) is 28.9. The van der Waals surface area contributed by atoms with Crippen LogP contribution < -0.4 is 5.32 Å². The van der Waals surface area contributed by atoms with Crippen molar-refractivity contribution in [2.45, 2.75) is 69.1 Å². The van der Waals surface area contributed by atoms with Gasteiger partial charge in [-0.05, 0) is 45.6 Å². The van der Waals surface area contributed by atoms with Crippen LogP contribution in [0.25, 0.3) is 0 Å². The Hall–Kier alpha value is -1.44. The van der Waals surface area contributed by atoms with E-state index >= 15 is 0 Å². The zero-order valence-electron chi connectivity index (χ0n) is 14.8. The van der Waals surface area contributed by atoms with Crippen molar-refractivity contribution in [3.63, 3.8) is 0 Å². The summed E-state index contributed by atoms with van der Waals surface area (Å²) in [5.41, 5.74) is 0.0376. The van der Waals surface area contributed by atoms with Gasteiger partial charge in [0.1, 0.15) is 17.4 Å². The highest BCUT2D eigenvalue weighted by Crippen LogP contribution is 2.45. The van der Waals surface area contributed by atoms with E-state index in [0.29, 0.717) is 24.8 Å². The lowest BCUT2D eigenvalue weighted by Crippen LogP contribution is -2.73. The fourth-order valence-electron chi connectivity index (χ4n) is 3.44. The van der Waals surface area contributed by atoms with E-state index in [4.69, 9.17) is 8.92 Å². The summed E-state index contributed by atoms with van der Waals surface area (Å²) in [5, 5.41) is 3.23. The van der Waals surface area contributed by atoms with Crippen LogP contribution in [0.3, 0.4) is 0 Å². The molecule has 1 aliphatic carbocycles. The molecule has 2 aliphatic rings. The number of benzene rings is 1. The summed E-state index contributed by atoms with van der Waals surface area (Å²) in [4.78, 5) is 12.0. The molecule has 1 unspecified atom stereocenters. The van der Waals surface area contributed by atoms with E-state index in [2.05, 4.69) is 5.32 Å². The molecule has 2 fully saturated rings. The van der Waals surface area contributed by atoms with Crippen molar-refractivity contribution in [3.05, 3.63) is 35.9 Å². The molecular weight excluding hydrogens is 342 g/mol. The minimum atomic E-state index is -3.60. The number of hydrogen-bond acceptors (Lipinski definition) is 6. The lowest BCUT2D eigenvalue weighted by molar-refractivity contribution is -0.166. The first-order chi connectivity index (χ1) is 11.6. The smallest absolute Gasteiger partial charge is 0.323 e. The van der Waals surface area contributed by atoms with E-state index in [0.717, 1.165) is 0 Å². The quantitative estimate of drug-likeness (QED) is 0.634. The van der Waals surface area contributed by atoms with Crippen molar-refractivity contribution >= 4 is 16.1 Å². The Morgan fingerprint density at radius 3 is 2.36 bits per heavy atom. The van der Waals surface area contributed by atoms with Gasteiger partial charge in [0, 0.05) is 5.54 Å². The number of esters is 1. The van der Waals surface area contributed by atoms with Crippen molar-refractivity contribution in [1.29, 1.82) is 0 Å². The van der Waals surface area contributed by atoms with Gasteiger partial charge >= 0.3 is 5.97 Å². The Morgan fingerprint density at radius 2 is 1.80 bits per heavy atom. The van der Waals surface area contributed by atoms with Gasteiger partial charge in [0.2, 0.25) is 0 Å². The molecule has 0 bridgehead atoms. The first-order valence-electron chi connectivity index (χ1n) is 8.51. The van der Waals surface area contributed by atoms with Crippen molar-refractivity contribution in [3.8, 4) is 0 Å². The van der Waals surface area contributed by atoms with E-state index in [9.17, 15) is 13.2 Å². The molecule has 1 aromatic rings. The minimum absolute atomic E-state index is 0.120. The van der Waals surface area contributed by atoms with Gasteiger partial charge in [-0.2, -0.15) is 8.42 Å². The molecule has 25 heavy (non-hydrogen) atoms. The maximum Gasteiger partial charge on any atom is 0.323 e. The Labute approximate surface area is 149 Å². The van der Waals surface area contributed by atoms with Crippen molar-refractivity contribution in [2.75, 3.05) is 0 Å². The lowest BCUT2D eigenvalue weighted by atomic mass is 9.65. The van der Waals surface area contributed by atoms with Crippen LogP contribution in [0, 0.1) is 0 Å². The van der Waals surface area contributed by atoms with Gasteiger partial charge in [0.15, 0.2) is 0 Å². The first kappa shape index (κ1) is 18.4. The Kier molecular flexibility index (Phi) is 4.68. The topological polar surface area (TPSA) is 81.7 Å². The number of hydrogen-bond donors (Lipinski definition) is 1. The van der Waals surface area contributed by atoms with Crippen LogP contribution in [0.4, 0.5) is 0 Å². The van der Waals surface area contributed by atoms with Crippen molar-refractivity contribution in [1.82, 2.24) is 5.32 Å².